The van der Waals surface area contributed by atoms with Gasteiger partial charge in [0.25, 0.3) is 5.91 Å². The predicted octanol–water partition coefficient (Wildman–Crippen LogP) is 5.92. The van der Waals surface area contributed by atoms with Crippen molar-refractivity contribution in [2.45, 2.75) is 29.4 Å². The van der Waals surface area contributed by atoms with Gasteiger partial charge in [-0.3, -0.25) is 4.79 Å². The molecular formula is C24H25ClN2O3S2. The van der Waals surface area contributed by atoms with E-state index in [9.17, 15) is 13.2 Å². The van der Waals surface area contributed by atoms with E-state index in [1.165, 1.54) is 16.4 Å². The SMILES string of the molecule is CCN(CC)S(=O)(=O)c1ccc(NC(=O)c2ccc(CSc3ccc(Cl)cc3)cc2)cc1. The number of rotatable bonds is 9. The lowest BCUT2D eigenvalue weighted by atomic mass is 10.1. The Morgan fingerprint density at radius 3 is 2.06 bits per heavy atom. The van der Waals surface area contributed by atoms with Crippen molar-refractivity contribution < 1.29 is 13.2 Å². The molecule has 3 aromatic carbocycles. The maximum atomic E-state index is 12.6. The van der Waals surface area contributed by atoms with Crippen LogP contribution in [0.15, 0.2) is 82.6 Å². The summed E-state index contributed by atoms with van der Waals surface area (Å²) in [6.45, 7) is 4.42. The molecule has 3 rings (SSSR count). The van der Waals surface area contributed by atoms with Gasteiger partial charge < -0.3 is 5.32 Å². The van der Waals surface area contributed by atoms with Crippen LogP contribution < -0.4 is 5.32 Å². The molecule has 0 aliphatic carbocycles. The van der Waals surface area contributed by atoms with E-state index in [1.54, 1.807) is 49.9 Å². The summed E-state index contributed by atoms with van der Waals surface area (Å²) in [5, 5.41) is 3.52. The molecule has 0 saturated carbocycles. The molecule has 0 spiro atoms. The van der Waals surface area contributed by atoms with Crippen LogP contribution in [0.3, 0.4) is 0 Å². The number of hydrogen-bond acceptors (Lipinski definition) is 4. The second-order valence-corrected chi connectivity index (χ2v) is 10.4. The zero-order valence-corrected chi connectivity index (χ0v) is 20.3. The molecule has 0 aliphatic heterocycles. The molecule has 0 saturated heterocycles. The molecule has 0 heterocycles. The molecule has 1 N–H and O–H groups in total. The number of nitrogens with zero attached hydrogens (tertiary/aromatic N) is 1. The maximum Gasteiger partial charge on any atom is 0.255 e. The van der Waals surface area contributed by atoms with Gasteiger partial charge in [0.2, 0.25) is 10.0 Å². The van der Waals surface area contributed by atoms with Crippen molar-refractivity contribution >= 4 is 45.0 Å². The van der Waals surface area contributed by atoms with Gasteiger partial charge in [0.05, 0.1) is 4.90 Å². The average Bonchev–Trinajstić information content (AvgIpc) is 2.80. The van der Waals surface area contributed by atoms with E-state index in [4.69, 9.17) is 11.6 Å². The summed E-state index contributed by atoms with van der Waals surface area (Å²) >= 11 is 7.61. The van der Waals surface area contributed by atoms with E-state index < -0.39 is 10.0 Å². The lowest BCUT2D eigenvalue weighted by Crippen LogP contribution is -2.30. The topological polar surface area (TPSA) is 66.5 Å². The van der Waals surface area contributed by atoms with Crippen molar-refractivity contribution in [3.63, 3.8) is 0 Å². The summed E-state index contributed by atoms with van der Waals surface area (Å²) in [5.41, 5.74) is 2.17. The molecule has 1 amide bonds. The third-order valence-electron chi connectivity index (χ3n) is 4.89. The Hall–Kier alpha value is -2.32. The first kappa shape index (κ1) is 24.3. The van der Waals surface area contributed by atoms with Crippen molar-refractivity contribution in [3.05, 3.63) is 88.9 Å². The second-order valence-electron chi connectivity index (χ2n) is 7.01. The Balaban J connectivity index is 1.60. The van der Waals surface area contributed by atoms with Crippen LogP contribution >= 0.6 is 23.4 Å². The molecule has 0 bridgehead atoms. The second kappa shape index (κ2) is 11.0. The highest BCUT2D eigenvalue weighted by Gasteiger charge is 2.21. The summed E-state index contributed by atoms with van der Waals surface area (Å²) < 4.78 is 26.5. The zero-order valence-electron chi connectivity index (χ0n) is 17.9. The predicted molar refractivity (Wildman–Crippen MR) is 132 cm³/mol. The molecule has 0 fully saturated rings. The van der Waals surface area contributed by atoms with Crippen LogP contribution in [0.4, 0.5) is 5.69 Å². The van der Waals surface area contributed by atoms with Gasteiger partial charge in [-0.25, -0.2) is 8.42 Å². The molecule has 168 valence electrons. The fraction of sp³-hybridized carbons (Fsp3) is 0.208. The third kappa shape index (κ3) is 6.13. The quantitative estimate of drug-likeness (QED) is 0.380. The molecular weight excluding hydrogens is 464 g/mol. The molecule has 3 aromatic rings. The Kier molecular flexibility index (Phi) is 8.37. The third-order valence-corrected chi connectivity index (χ3v) is 8.29. The van der Waals surface area contributed by atoms with Gasteiger partial charge >= 0.3 is 0 Å². The van der Waals surface area contributed by atoms with Gasteiger partial charge in [-0.1, -0.05) is 37.6 Å². The molecule has 0 aliphatic rings. The van der Waals surface area contributed by atoms with Gasteiger partial charge in [-0.05, 0) is 66.2 Å². The van der Waals surface area contributed by atoms with Crippen LogP contribution in [-0.2, 0) is 15.8 Å². The Labute approximate surface area is 198 Å². The first-order chi connectivity index (χ1) is 15.3. The van der Waals surface area contributed by atoms with Gasteiger partial charge in [0.15, 0.2) is 0 Å². The molecule has 0 unspecified atom stereocenters. The van der Waals surface area contributed by atoms with E-state index in [0.717, 1.165) is 16.2 Å². The minimum absolute atomic E-state index is 0.210. The number of thioether (sulfide) groups is 1. The number of nitrogens with one attached hydrogen (secondary N) is 1. The zero-order chi connectivity index (χ0) is 23.1. The number of benzene rings is 3. The normalized spacial score (nSPS) is 11.5. The highest BCUT2D eigenvalue weighted by Crippen LogP contribution is 2.24. The van der Waals surface area contributed by atoms with Crippen LogP contribution in [0.2, 0.25) is 5.02 Å². The van der Waals surface area contributed by atoms with Gasteiger partial charge in [0, 0.05) is 40.0 Å². The van der Waals surface area contributed by atoms with Gasteiger partial charge in [0.1, 0.15) is 0 Å². The number of carbonyl (C=O) groups is 1. The Bertz CT molecular complexity index is 1140. The van der Waals surface area contributed by atoms with E-state index in [-0.39, 0.29) is 10.8 Å². The molecule has 0 aromatic heterocycles. The monoisotopic (exact) mass is 488 g/mol. The number of halogens is 1. The summed E-state index contributed by atoms with van der Waals surface area (Å²) in [4.78, 5) is 13.9. The molecule has 0 atom stereocenters. The van der Waals surface area contributed by atoms with E-state index >= 15 is 0 Å². The van der Waals surface area contributed by atoms with E-state index in [1.807, 2.05) is 36.4 Å². The number of anilines is 1. The van der Waals surface area contributed by atoms with E-state index in [2.05, 4.69) is 5.32 Å². The van der Waals surface area contributed by atoms with E-state index in [0.29, 0.717) is 29.4 Å². The minimum Gasteiger partial charge on any atom is -0.322 e. The van der Waals surface area contributed by atoms with Gasteiger partial charge in [-0.2, -0.15) is 4.31 Å². The smallest absolute Gasteiger partial charge is 0.255 e. The fourth-order valence-corrected chi connectivity index (χ4v) is 5.51. The van der Waals surface area contributed by atoms with Crippen molar-refractivity contribution in [2.75, 3.05) is 18.4 Å². The first-order valence-corrected chi connectivity index (χ1v) is 13.0. The highest BCUT2D eigenvalue weighted by atomic mass is 35.5. The van der Waals surface area contributed by atoms with Crippen molar-refractivity contribution in [1.82, 2.24) is 4.31 Å². The minimum atomic E-state index is -3.52. The van der Waals surface area contributed by atoms with Crippen molar-refractivity contribution in [1.29, 1.82) is 0 Å². The van der Waals surface area contributed by atoms with Crippen LogP contribution in [0, 0.1) is 0 Å². The average molecular weight is 489 g/mol. The summed E-state index contributed by atoms with van der Waals surface area (Å²) in [6.07, 6.45) is 0. The van der Waals surface area contributed by atoms with Crippen LogP contribution in [0.5, 0.6) is 0 Å². The van der Waals surface area contributed by atoms with Crippen molar-refractivity contribution in [2.24, 2.45) is 0 Å². The number of carbonyl (C=O) groups excluding carboxylic acids is 1. The summed E-state index contributed by atoms with van der Waals surface area (Å²) in [5.74, 6) is 0.535. The largest absolute Gasteiger partial charge is 0.322 e. The summed E-state index contributed by atoms with van der Waals surface area (Å²) in [6, 6.07) is 21.3. The van der Waals surface area contributed by atoms with Crippen LogP contribution in [-0.4, -0.2) is 31.7 Å². The van der Waals surface area contributed by atoms with Crippen LogP contribution in [0.25, 0.3) is 0 Å². The van der Waals surface area contributed by atoms with Crippen molar-refractivity contribution in [3.8, 4) is 0 Å². The molecule has 5 nitrogen and oxygen atoms in total. The summed E-state index contributed by atoms with van der Waals surface area (Å²) in [7, 11) is -3.52. The number of amides is 1. The van der Waals surface area contributed by atoms with Gasteiger partial charge in [-0.15, -0.1) is 11.8 Å². The molecule has 8 heteroatoms. The first-order valence-electron chi connectivity index (χ1n) is 10.2. The number of hydrogen-bond donors (Lipinski definition) is 1. The Morgan fingerprint density at radius 1 is 0.906 bits per heavy atom. The lowest BCUT2D eigenvalue weighted by Gasteiger charge is -2.18. The fourth-order valence-electron chi connectivity index (χ4n) is 3.08. The highest BCUT2D eigenvalue weighted by molar-refractivity contribution is 7.98. The lowest BCUT2D eigenvalue weighted by molar-refractivity contribution is 0.102. The standard InChI is InChI=1S/C24H25ClN2O3S2/c1-3-27(4-2)32(29,30)23-15-11-21(12-16-23)26-24(28)19-7-5-18(6-8-19)17-31-22-13-9-20(25)10-14-22/h5-16H,3-4,17H2,1-2H3,(H,26,28). The van der Waals surface area contributed by atoms with Crippen LogP contribution in [0.1, 0.15) is 29.8 Å². The number of sulfonamides is 1. The molecule has 0 radical (unpaired) electrons. The Morgan fingerprint density at radius 2 is 1.50 bits per heavy atom. The maximum absolute atomic E-state index is 12.6. The molecule has 32 heavy (non-hydrogen) atoms.